The second kappa shape index (κ2) is 8.39. The summed E-state index contributed by atoms with van der Waals surface area (Å²) in [6.45, 7) is 3.95. The molecule has 0 unspecified atom stereocenters. The summed E-state index contributed by atoms with van der Waals surface area (Å²) in [5, 5.41) is 3.16. The van der Waals surface area contributed by atoms with Crippen molar-refractivity contribution in [2.24, 2.45) is 0 Å². The number of aromatic nitrogens is 2. The molecule has 3 heterocycles. The summed E-state index contributed by atoms with van der Waals surface area (Å²) in [6.07, 6.45) is 3.81. The minimum absolute atomic E-state index is 0.0955. The summed E-state index contributed by atoms with van der Waals surface area (Å²) in [7, 11) is 0. The molecule has 1 aliphatic heterocycles. The first-order valence-electron chi connectivity index (χ1n) is 10.0. The second-order valence-electron chi connectivity index (χ2n) is 7.52. The normalized spacial score (nSPS) is 13.5. The number of carbonyl (C=O) groups is 2. The zero-order valence-electron chi connectivity index (χ0n) is 17.0. The van der Waals surface area contributed by atoms with Crippen molar-refractivity contribution in [3.63, 3.8) is 0 Å². The molecule has 0 fully saturated rings. The first-order valence-corrected chi connectivity index (χ1v) is 10.8. The van der Waals surface area contributed by atoms with E-state index in [4.69, 9.17) is 4.74 Å². The van der Waals surface area contributed by atoms with Crippen molar-refractivity contribution in [1.29, 1.82) is 0 Å². The van der Waals surface area contributed by atoms with E-state index in [-0.39, 0.29) is 5.56 Å². The van der Waals surface area contributed by atoms with Gasteiger partial charge in [0.15, 0.2) is 6.61 Å². The Labute approximate surface area is 177 Å². The average Bonchev–Trinajstić information content (AvgIpc) is 2.89. The van der Waals surface area contributed by atoms with Crippen LogP contribution in [0.2, 0.25) is 0 Å². The zero-order valence-corrected chi connectivity index (χ0v) is 17.8. The van der Waals surface area contributed by atoms with Crippen LogP contribution in [0.3, 0.4) is 0 Å². The van der Waals surface area contributed by atoms with Crippen molar-refractivity contribution in [1.82, 2.24) is 9.55 Å². The highest BCUT2D eigenvalue weighted by Gasteiger charge is 2.23. The van der Waals surface area contributed by atoms with E-state index in [1.165, 1.54) is 0 Å². The first-order chi connectivity index (χ1) is 14.4. The van der Waals surface area contributed by atoms with Crippen LogP contribution in [0.1, 0.15) is 45.9 Å². The molecule has 7 nitrogen and oxygen atoms in total. The summed E-state index contributed by atoms with van der Waals surface area (Å²) in [4.78, 5) is 43.2. The molecule has 2 aromatic heterocycles. The van der Waals surface area contributed by atoms with Gasteiger partial charge in [0.1, 0.15) is 15.5 Å². The number of nitrogens with zero attached hydrogens (tertiary/aromatic N) is 2. The third-order valence-corrected chi connectivity index (χ3v) is 6.43. The highest BCUT2D eigenvalue weighted by atomic mass is 32.1. The van der Waals surface area contributed by atoms with Crippen molar-refractivity contribution in [3.05, 3.63) is 56.4 Å². The standard InChI is InChI=1S/C22H23N3O4S/c1-13-7-9-15(10-8-13)23-17(26)12-29-22(28)19-14(2)18-20(30-19)24-16-6-4-3-5-11-25(16)21(18)27/h7-10H,3-6,11-12H2,1-2H3,(H,23,26). The van der Waals surface area contributed by atoms with Crippen molar-refractivity contribution in [2.75, 3.05) is 11.9 Å². The lowest BCUT2D eigenvalue weighted by Gasteiger charge is -2.08. The van der Waals surface area contributed by atoms with Crippen molar-refractivity contribution in [2.45, 2.75) is 46.1 Å². The molecule has 0 bridgehead atoms. The van der Waals surface area contributed by atoms with Gasteiger partial charge in [0.2, 0.25) is 0 Å². The fraction of sp³-hybridized carbons (Fsp3) is 0.364. The number of hydrogen-bond acceptors (Lipinski definition) is 6. The maximum absolute atomic E-state index is 13.0. The topological polar surface area (TPSA) is 90.3 Å². The number of amides is 1. The average molecular weight is 426 g/mol. The molecule has 0 saturated heterocycles. The molecule has 4 rings (SSSR count). The molecule has 30 heavy (non-hydrogen) atoms. The van der Waals surface area contributed by atoms with Gasteiger partial charge >= 0.3 is 5.97 Å². The Morgan fingerprint density at radius 2 is 1.93 bits per heavy atom. The minimum atomic E-state index is -0.617. The quantitative estimate of drug-likeness (QED) is 0.645. The third-order valence-electron chi connectivity index (χ3n) is 5.27. The van der Waals surface area contributed by atoms with E-state index in [0.29, 0.717) is 32.9 Å². The SMILES string of the molecule is Cc1ccc(NC(=O)COC(=O)c2sc3nc4n(c(=O)c3c2C)CCCCC4)cc1. The van der Waals surface area contributed by atoms with Gasteiger partial charge in [-0.3, -0.25) is 14.2 Å². The molecule has 156 valence electrons. The maximum Gasteiger partial charge on any atom is 0.349 e. The van der Waals surface area contributed by atoms with Gasteiger partial charge in [-0.15, -0.1) is 11.3 Å². The molecular formula is C22H23N3O4S. The number of nitrogens with one attached hydrogen (secondary N) is 1. The molecule has 0 saturated carbocycles. The molecule has 0 aliphatic carbocycles. The van der Waals surface area contributed by atoms with Crippen LogP contribution >= 0.6 is 11.3 Å². The molecule has 3 aromatic rings. The van der Waals surface area contributed by atoms with Gasteiger partial charge in [0.05, 0.1) is 5.39 Å². The van der Waals surface area contributed by atoms with Gasteiger partial charge in [0.25, 0.3) is 11.5 Å². The molecule has 1 aromatic carbocycles. The fourth-order valence-electron chi connectivity index (χ4n) is 3.64. The Morgan fingerprint density at radius 3 is 2.70 bits per heavy atom. The Morgan fingerprint density at radius 1 is 1.17 bits per heavy atom. The highest BCUT2D eigenvalue weighted by Crippen LogP contribution is 2.29. The van der Waals surface area contributed by atoms with E-state index < -0.39 is 18.5 Å². The molecular weight excluding hydrogens is 402 g/mol. The van der Waals surface area contributed by atoms with Gasteiger partial charge in [-0.1, -0.05) is 24.1 Å². The van der Waals surface area contributed by atoms with E-state index >= 15 is 0 Å². The Hall–Kier alpha value is -3.00. The summed E-state index contributed by atoms with van der Waals surface area (Å²) >= 11 is 1.15. The summed E-state index contributed by atoms with van der Waals surface area (Å²) in [5.74, 6) is -0.256. The van der Waals surface area contributed by atoms with E-state index in [2.05, 4.69) is 10.3 Å². The molecule has 1 N–H and O–H groups in total. The zero-order chi connectivity index (χ0) is 21.3. The lowest BCUT2D eigenvalue weighted by atomic mass is 10.2. The number of anilines is 1. The second-order valence-corrected chi connectivity index (χ2v) is 8.52. The summed E-state index contributed by atoms with van der Waals surface area (Å²) in [6, 6.07) is 7.34. The Kier molecular flexibility index (Phi) is 5.67. The van der Waals surface area contributed by atoms with Gasteiger partial charge in [-0.25, -0.2) is 9.78 Å². The van der Waals surface area contributed by atoms with Crippen LogP contribution in [0.15, 0.2) is 29.1 Å². The minimum Gasteiger partial charge on any atom is -0.451 e. The molecule has 1 amide bonds. The molecule has 0 radical (unpaired) electrons. The van der Waals surface area contributed by atoms with Crippen LogP contribution < -0.4 is 10.9 Å². The number of benzene rings is 1. The predicted octanol–water partition coefficient (Wildman–Crippen LogP) is 3.60. The lowest BCUT2D eigenvalue weighted by molar-refractivity contribution is -0.119. The number of aryl methyl sites for hydroxylation is 3. The number of thiophene rings is 1. The lowest BCUT2D eigenvalue weighted by Crippen LogP contribution is -2.24. The van der Waals surface area contributed by atoms with Crippen molar-refractivity contribution >= 4 is 39.1 Å². The van der Waals surface area contributed by atoms with Gasteiger partial charge in [0, 0.05) is 18.7 Å². The fourth-order valence-corrected chi connectivity index (χ4v) is 4.72. The van der Waals surface area contributed by atoms with Crippen LogP contribution in [0.4, 0.5) is 5.69 Å². The summed E-state index contributed by atoms with van der Waals surface area (Å²) in [5.41, 5.74) is 2.19. The monoisotopic (exact) mass is 425 g/mol. The summed E-state index contributed by atoms with van der Waals surface area (Å²) < 4.78 is 6.94. The largest absolute Gasteiger partial charge is 0.451 e. The van der Waals surface area contributed by atoms with Crippen LogP contribution in [0, 0.1) is 13.8 Å². The molecule has 0 atom stereocenters. The van der Waals surface area contributed by atoms with E-state index in [0.717, 1.165) is 48.4 Å². The number of hydrogen-bond donors (Lipinski definition) is 1. The molecule has 0 spiro atoms. The highest BCUT2D eigenvalue weighted by molar-refractivity contribution is 7.20. The molecule has 8 heteroatoms. The van der Waals surface area contributed by atoms with E-state index in [1.54, 1.807) is 23.6 Å². The number of carbonyl (C=O) groups excluding carboxylic acids is 2. The van der Waals surface area contributed by atoms with Crippen LogP contribution in [0.25, 0.3) is 10.2 Å². The third kappa shape index (κ3) is 4.00. The van der Waals surface area contributed by atoms with Gasteiger partial charge < -0.3 is 10.1 Å². The van der Waals surface area contributed by atoms with Gasteiger partial charge in [-0.2, -0.15) is 0 Å². The van der Waals surface area contributed by atoms with Crippen LogP contribution in [-0.4, -0.2) is 28.0 Å². The van der Waals surface area contributed by atoms with Gasteiger partial charge in [-0.05, 0) is 44.4 Å². The predicted molar refractivity (Wildman–Crippen MR) is 116 cm³/mol. The Balaban J connectivity index is 1.51. The smallest absolute Gasteiger partial charge is 0.349 e. The number of fused-ring (bicyclic) bond motifs is 2. The van der Waals surface area contributed by atoms with Crippen LogP contribution in [-0.2, 0) is 22.5 Å². The molecule has 1 aliphatic rings. The number of rotatable bonds is 4. The van der Waals surface area contributed by atoms with Crippen molar-refractivity contribution < 1.29 is 14.3 Å². The van der Waals surface area contributed by atoms with E-state index in [9.17, 15) is 14.4 Å². The van der Waals surface area contributed by atoms with Crippen molar-refractivity contribution in [3.8, 4) is 0 Å². The van der Waals surface area contributed by atoms with E-state index in [1.807, 2.05) is 19.1 Å². The number of ether oxygens (including phenoxy) is 1. The first kappa shape index (κ1) is 20.3. The number of esters is 1. The van der Waals surface area contributed by atoms with Crippen LogP contribution in [0.5, 0.6) is 0 Å². The Bertz CT molecular complexity index is 1180. The maximum atomic E-state index is 13.0.